The maximum Gasteiger partial charge on any atom is 0.338 e. The largest absolute Gasteiger partial charge is 0.501 e. The lowest BCUT2D eigenvalue weighted by Crippen LogP contribution is -2.16. The topological polar surface area (TPSA) is 101 Å². The second-order valence-corrected chi connectivity index (χ2v) is 6.14. The first-order valence-electron chi connectivity index (χ1n) is 8.42. The van der Waals surface area contributed by atoms with Gasteiger partial charge in [0.2, 0.25) is 11.2 Å². The standard InChI is InChI=1S/C21H15NO5/c1-2-11-7-9-12(10-8-11)15-16(21(25)26)17-20(19(24)18(15)23)27-14-6-4-3-5-13(14)22-17/h3-10,24H,2H2,1H3,(H,25,26). The number of carbonyl (C=O) groups is 1. The number of aromatic carboxylic acids is 1. The lowest BCUT2D eigenvalue weighted by molar-refractivity contribution is 0.0698. The molecular formula is C21H15NO5. The third kappa shape index (κ3) is 2.62. The molecule has 6 heteroatoms. The van der Waals surface area contributed by atoms with Gasteiger partial charge in [-0.2, -0.15) is 0 Å². The van der Waals surface area contributed by atoms with Crippen LogP contribution in [-0.2, 0) is 6.42 Å². The molecule has 6 nitrogen and oxygen atoms in total. The Labute approximate surface area is 153 Å². The normalized spacial score (nSPS) is 11.1. The van der Waals surface area contributed by atoms with Crippen LogP contribution in [0.25, 0.3) is 33.7 Å². The molecule has 27 heavy (non-hydrogen) atoms. The Hall–Kier alpha value is -3.67. The Balaban J connectivity index is 2.14. The maximum atomic E-state index is 12.8. The van der Waals surface area contributed by atoms with E-state index in [2.05, 4.69) is 4.98 Å². The monoisotopic (exact) mass is 361 g/mol. The molecule has 2 aromatic rings. The van der Waals surface area contributed by atoms with E-state index in [1.807, 2.05) is 19.1 Å². The van der Waals surface area contributed by atoms with Crippen LogP contribution in [0.15, 0.2) is 57.7 Å². The number of para-hydroxylation sites is 2. The number of fused-ring (bicyclic) bond motifs is 2. The van der Waals surface area contributed by atoms with Crippen molar-refractivity contribution in [1.82, 2.24) is 4.98 Å². The molecule has 1 aliphatic heterocycles. The van der Waals surface area contributed by atoms with Crippen molar-refractivity contribution in [2.45, 2.75) is 13.3 Å². The average Bonchev–Trinajstić information content (AvgIpc) is 2.69. The fourth-order valence-corrected chi connectivity index (χ4v) is 3.14. The fourth-order valence-electron chi connectivity index (χ4n) is 3.14. The minimum absolute atomic E-state index is 0.0622. The molecule has 0 atom stereocenters. The molecule has 0 saturated carbocycles. The molecule has 2 N–H and O–H groups in total. The van der Waals surface area contributed by atoms with Gasteiger partial charge < -0.3 is 14.6 Å². The highest BCUT2D eigenvalue weighted by molar-refractivity contribution is 6.04. The average molecular weight is 361 g/mol. The van der Waals surface area contributed by atoms with E-state index < -0.39 is 17.1 Å². The van der Waals surface area contributed by atoms with Crippen molar-refractivity contribution in [2.75, 3.05) is 0 Å². The Bertz CT molecular complexity index is 1210. The van der Waals surface area contributed by atoms with Gasteiger partial charge in [-0.3, -0.25) is 4.79 Å². The van der Waals surface area contributed by atoms with Crippen molar-refractivity contribution in [3.63, 3.8) is 0 Å². The zero-order valence-electron chi connectivity index (χ0n) is 14.4. The lowest BCUT2D eigenvalue weighted by atomic mass is 9.93. The van der Waals surface area contributed by atoms with Gasteiger partial charge in [0.15, 0.2) is 11.3 Å². The van der Waals surface area contributed by atoms with Gasteiger partial charge in [0.05, 0.1) is 5.56 Å². The van der Waals surface area contributed by atoms with E-state index in [4.69, 9.17) is 4.42 Å². The first kappa shape index (κ1) is 16.8. The van der Waals surface area contributed by atoms with Crippen molar-refractivity contribution in [1.29, 1.82) is 0 Å². The minimum atomic E-state index is -1.32. The summed E-state index contributed by atoms with van der Waals surface area (Å²) < 4.78 is 5.60. The molecule has 0 aromatic heterocycles. The predicted octanol–water partition coefficient (Wildman–Crippen LogP) is 3.93. The zero-order valence-corrected chi connectivity index (χ0v) is 14.4. The number of aromatic hydroxyl groups is 1. The van der Waals surface area contributed by atoms with Crippen LogP contribution in [-0.4, -0.2) is 21.2 Å². The second kappa shape index (κ2) is 6.25. The van der Waals surface area contributed by atoms with Crippen LogP contribution in [0.2, 0.25) is 0 Å². The third-order valence-electron chi connectivity index (χ3n) is 4.53. The van der Waals surface area contributed by atoms with Gasteiger partial charge in [-0.25, -0.2) is 9.78 Å². The van der Waals surface area contributed by atoms with E-state index in [-0.39, 0.29) is 22.6 Å². The van der Waals surface area contributed by atoms with Crippen LogP contribution in [0.4, 0.5) is 0 Å². The van der Waals surface area contributed by atoms with E-state index in [1.54, 1.807) is 36.4 Å². The number of aryl methyl sites for hydroxylation is 1. The van der Waals surface area contributed by atoms with Crippen LogP contribution in [0.3, 0.4) is 0 Å². The molecule has 0 radical (unpaired) electrons. The van der Waals surface area contributed by atoms with Gasteiger partial charge in [-0.15, -0.1) is 0 Å². The van der Waals surface area contributed by atoms with Crippen molar-refractivity contribution >= 4 is 17.1 Å². The molecule has 1 aliphatic carbocycles. The highest BCUT2D eigenvalue weighted by atomic mass is 16.4. The Morgan fingerprint density at radius 3 is 2.48 bits per heavy atom. The van der Waals surface area contributed by atoms with Crippen LogP contribution < -0.4 is 5.43 Å². The summed E-state index contributed by atoms with van der Waals surface area (Å²) in [6, 6.07) is 13.7. The molecule has 4 rings (SSSR count). The molecule has 2 aromatic carbocycles. The number of phenols is 1. The minimum Gasteiger partial charge on any atom is -0.501 e. The summed E-state index contributed by atoms with van der Waals surface area (Å²) >= 11 is 0. The van der Waals surface area contributed by atoms with Gasteiger partial charge in [0.25, 0.3) is 0 Å². The van der Waals surface area contributed by atoms with Gasteiger partial charge in [-0.1, -0.05) is 43.3 Å². The second-order valence-electron chi connectivity index (χ2n) is 6.14. The van der Waals surface area contributed by atoms with Crippen molar-refractivity contribution in [3.8, 4) is 28.3 Å². The van der Waals surface area contributed by atoms with E-state index in [1.165, 1.54) is 0 Å². The van der Waals surface area contributed by atoms with Crippen LogP contribution in [0.5, 0.6) is 5.75 Å². The van der Waals surface area contributed by atoms with Crippen LogP contribution >= 0.6 is 0 Å². The summed E-state index contributed by atoms with van der Waals surface area (Å²) in [5, 5.41) is 20.2. The molecule has 0 bridgehead atoms. The zero-order chi connectivity index (χ0) is 19.1. The molecule has 0 amide bonds. The van der Waals surface area contributed by atoms with E-state index in [9.17, 15) is 19.8 Å². The Morgan fingerprint density at radius 1 is 1.11 bits per heavy atom. The Morgan fingerprint density at radius 2 is 1.81 bits per heavy atom. The van der Waals surface area contributed by atoms with Crippen molar-refractivity contribution in [3.05, 3.63) is 69.9 Å². The number of carboxylic acid groups (broad SMARTS) is 1. The number of nitrogens with zero attached hydrogens (tertiary/aromatic N) is 1. The number of carboxylic acids is 1. The first-order valence-corrected chi connectivity index (χ1v) is 8.42. The quantitative estimate of drug-likeness (QED) is 0.536. The molecule has 1 heterocycles. The fraction of sp³-hybridized carbons (Fsp3) is 0.0952. The molecule has 134 valence electrons. The van der Waals surface area contributed by atoms with Crippen LogP contribution in [0.1, 0.15) is 22.8 Å². The van der Waals surface area contributed by atoms with Crippen LogP contribution in [0, 0.1) is 0 Å². The third-order valence-corrected chi connectivity index (χ3v) is 4.53. The molecule has 0 unspecified atom stereocenters. The summed E-state index contributed by atoms with van der Waals surface area (Å²) in [6.07, 6.45) is 0.811. The van der Waals surface area contributed by atoms with Gasteiger partial charge >= 0.3 is 5.97 Å². The summed E-state index contributed by atoms with van der Waals surface area (Å²) in [6.45, 7) is 2.00. The SMILES string of the molecule is CCc1ccc(-c2c(C(=O)O)c3nc4ccccc4oc-3c(O)c2=O)cc1. The van der Waals surface area contributed by atoms with Gasteiger partial charge in [0, 0.05) is 0 Å². The maximum absolute atomic E-state index is 12.8. The summed E-state index contributed by atoms with van der Waals surface area (Å²) in [5.74, 6) is -2.20. The van der Waals surface area contributed by atoms with Gasteiger partial charge in [0.1, 0.15) is 16.8 Å². The van der Waals surface area contributed by atoms with E-state index in [0.29, 0.717) is 16.7 Å². The summed E-state index contributed by atoms with van der Waals surface area (Å²) in [5.41, 5.74) is 0.973. The number of hydrogen-bond donors (Lipinski definition) is 2. The highest BCUT2D eigenvalue weighted by Crippen LogP contribution is 2.37. The number of benzene rings is 3. The van der Waals surface area contributed by atoms with Crippen molar-refractivity contribution in [2.24, 2.45) is 0 Å². The molecule has 0 spiro atoms. The van der Waals surface area contributed by atoms with Crippen molar-refractivity contribution < 1.29 is 19.4 Å². The molecule has 0 saturated heterocycles. The summed E-state index contributed by atoms with van der Waals surface area (Å²) in [4.78, 5) is 29.2. The number of aromatic nitrogens is 1. The molecule has 0 fully saturated rings. The number of phenolic OH excluding ortho intramolecular Hbond substituents is 1. The highest BCUT2D eigenvalue weighted by Gasteiger charge is 2.30. The predicted molar refractivity (Wildman–Crippen MR) is 100 cm³/mol. The summed E-state index contributed by atoms with van der Waals surface area (Å²) in [7, 11) is 0. The van der Waals surface area contributed by atoms with E-state index >= 15 is 0 Å². The molecule has 2 aliphatic rings. The number of rotatable bonds is 3. The van der Waals surface area contributed by atoms with Gasteiger partial charge in [-0.05, 0) is 29.7 Å². The lowest BCUT2D eigenvalue weighted by Gasteiger charge is -2.14. The van der Waals surface area contributed by atoms with E-state index in [0.717, 1.165) is 12.0 Å². The molecular weight excluding hydrogens is 346 g/mol. The number of hydrogen-bond acceptors (Lipinski definition) is 5. The smallest absolute Gasteiger partial charge is 0.338 e. The first-order chi connectivity index (χ1) is 13.0. The Kier molecular flexibility index (Phi) is 3.88.